The van der Waals surface area contributed by atoms with Crippen LogP contribution in [-0.2, 0) is 6.54 Å². The third-order valence-corrected chi connectivity index (χ3v) is 3.18. The van der Waals surface area contributed by atoms with Gasteiger partial charge in [0.1, 0.15) is 0 Å². The quantitative estimate of drug-likeness (QED) is 0.827. The average molecular weight is 353 g/mol. The van der Waals surface area contributed by atoms with Gasteiger partial charge in [-0.1, -0.05) is 12.1 Å². The number of thiocarbonyl (C=S) groups is 1. The molecule has 1 heterocycles. The fraction of sp³-hybridized carbons (Fsp3) is 0.286. The van der Waals surface area contributed by atoms with Crippen LogP contribution in [0.3, 0.4) is 0 Å². The summed E-state index contributed by atoms with van der Waals surface area (Å²) >= 11 is 8.64. The molecule has 0 fully saturated rings. The highest BCUT2D eigenvalue weighted by Crippen LogP contribution is 2.13. The van der Waals surface area contributed by atoms with Crippen LogP contribution in [0.15, 0.2) is 41.1 Å². The van der Waals surface area contributed by atoms with Crippen molar-refractivity contribution >= 4 is 38.9 Å². The van der Waals surface area contributed by atoms with Crippen LogP contribution in [0.2, 0.25) is 0 Å². The van der Waals surface area contributed by atoms with Gasteiger partial charge in [0, 0.05) is 17.9 Å². The molecule has 6 heteroatoms. The number of aromatic nitrogens is 2. The first-order valence-electron chi connectivity index (χ1n) is 6.37. The molecule has 2 N–H and O–H groups in total. The van der Waals surface area contributed by atoms with Crippen molar-refractivity contribution in [2.45, 2.75) is 26.4 Å². The lowest BCUT2D eigenvalue weighted by molar-refractivity contribution is 0.687. The van der Waals surface area contributed by atoms with E-state index in [1.165, 1.54) is 0 Å². The molecule has 0 radical (unpaired) electrons. The third-order valence-electron chi connectivity index (χ3n) is 2.55. The molecule has 0 saturated heterocycles. The van der Waals surface area contributed by atoms with Crippen LogP contribution < -0.4 is 10.6 Å². The van der Waals surface area contributed by atoms with Gasteiger partial charge in [-0.3, -0.25) is 4.68 Å². The van der Waals surface area contributed by atoms with E-state index in [4.69, 9.17) is 12.2 Å². The second kappa shape index (κ2) is 6.85. The summed E-state index contributed by atoms with van der Waals surface area (Å²) in [6.07, 6.45) is 3.73. The first-order chi connectivity index (χ1) is 9.52. The van der Waals surface area contributed by atoms with E-state index in [1.54, 1.807) is 6.20 Å². The number of halogens is 1. The lowest BCUT2D eigenvalue weighted by Gasteiger charge is -2.13. The van der Waals surface area contributed by atoms with Gasteiger partial charge in [0.15, 0.2) is 5.11 Å². The predicted octanol–water partition coefficient (Wildman–Crippen LogP) is 3.39. The maximum absolute atomic E-state index is 5.24. The molecule has 0 spiro atoms. The summed E-state index contributed by atoms with van der Waals surface area (Å²) in [6, 6.07) is 8.47. The highest BCUT2D eigenvalue weighted by Gasteiger charge is 2.02. The van der Waals surface area contributed by atoms with Crippen molar-refractivity contribution in [1.29, 1.82) is 0 Å². The van der Waals surface area contributed by atoms with E-state index in [-0.39, 0.29) is 0 Å². The molecule has 0 aliphatic rings. The molecule has 0 aliphatic carbocycles. The van der Waals surface area contributed by atoms with Crippen molar-refractivity contribution in [2.24, 2.45) is 0 Å². The van der Waals surface area contributed by atoms with Crippen LogP contribution in [0, 0.1) is 0 Å². The van der Waals surface area contributed by atoms with Crippen LogP contribution in [0.1, 0.15) is 19.4 Å². The summed E-state index contributed by atoms with van der Waals surface area (Å²) in [5.74, 6) is 0. The number of hydrogen-bond acceptors (Lipinski definition) is 2. The molecule has 1 aromatic heterocycles. The van der Waals surface area contributed by atoms with Crippen molar-refractivity contribution in [3.63, 3.8) is 0 Å². The number of hydrogen-bond donors (Lipinski definition) is 2. The average Bonchev–Trinajstić information content (AvgIpc) is 2.74. The van der Waals surface area contributed by atoms with Gasteiger partial charge in [-0.05, 0) is 59.7 Å². The molecular formula is C14H17BrN4S. The van der Waals surface area contributed by atoms with Gasteiger partial charge in [-0.15, -0.1) is 0 Å². The van der Waals surface area contributed by atoms with Crippen LogP contribution in [0.25, 0.3) is 0 Å². The van der Waals surface area contributed by atoms with Gasteiger partial charge >= 0.3 is 0 Å². The van der Waals surface area contributed by atoms with E-state index in [0.29, 0.717) is 11.2 Å². The predicted molar refractivity (Wildman–Crippen MR) is 90.0 cm³/mol. The Morgan fingerprint density at radius 3 is 2.90 bits per heavy atom. The van der Waals surface area contributed by atoms with Gasteiger partial charge in [-0.2, -0.15) is 5.10 Å². The Balaban J connectivity index is 2.02. The van der Waals surface area contributed by atoms with Gasteiger partial charge in [0.2, 0.25) is 0 Å². The minimum Gasteiger partial charge on any atom is -0.360 e. The topological polar surface area (TPSA) is 41.9 Å². The van der Waals surface area contributed by atoms with Gasteiger partial charge in [0.25, 0.3) is 0 Å². The second-order valence-electron chi connectivity index (χ2n) is 4.81. The summed E-state index contributed by atoms with van der Waals surface area (Å²) in [4.78, 5) is 0. The lowest BCUT2D eigenvalue weighted by Crippen LogP contribution is -2.33. The van der Waals surface area contributed by atoms with Crippen molar-refractivity contribution in [1.82, 2.24) is 15.1 Å². The van der Waals surface area contributed by atoms with E-state index < -0.39 is 0 Å². The standard InChI is InChI=1S/C14H17BrN4S/c1-10(2)17-14(20)18-13-5-3-4-11(6-13)8-19-9-12(15)7-16-19/h3-7,9-10H,8H2,1-2H3,(H2,17,18,20). The smallest absolute Gasteiger partial charge is 0.170 e. The first kappa shape index (κ1) is 15.0. The van der Waals surface area contributed by atoms with Gasteiger partial charge < -0.3 is 10.6 Å². The Labute approximate surface area is 132 Å². The van der Waals surface area contributed by atoms with E-state index >= 15 is 0 Å². The molecule has 0 saturated carbocycles. The Hall–Kier alpha value is -1.40. The molecule has 20 heavy (non-hydrogen) atoms. The maximum atomic E-state index is 5.24. The zero-order chi connectivity index (χ0) is 14.5. The molecular weight excluding hydrogens is 336 g/mol. The molecule has 4 nitrogen and oxygen atoms in total. The molecule has 1 aromatic carbocycles. The minimum absolute atomic E-state index is 0.319. The van der Waals surface area contributed by atoms with Crippen LogP contribution in [0.5, 0.6) is 0 Å². The Kier molecular flexibility index (Phi) is 5.14. The summed E-state index contributed by atoms with van der Waals surface area (Å²) in [5.41, 5.74) is 2.14. The fourth-order valence-electron chi connectivity index (χ4n) is 1.79. The number of rotatable bonds is 4. The Morgan fingerprint density at radius 2 is 2.25 bits per heavy atom. The SMILES string of the molecule is CC(C)NC(=S)Nc1cccc(Cn2cc(Br)cn2)c1. The summed E-state index contributed by atoms with van der Waals surface area (Å²) in [7, 11) is 0. The van der Waals surface area contributed by atoms with E-state index in [2.05, 4.69) is 57.6 Å². The van der Waals surface area contributed by atoms with Gasteiger partial charge in [0.05, 0.1) is 17.2 Å². The van der Waals surface area contributed by atoms with E-state index in [1.807, 2.05) is 23.0 Å². The van der Waals surface area contributed by atoms with Crippen molar-refractivity contribution in [2.75, 3.05) is 5.32 Å². The Bertz CT molecular complexity index is 594. The first-order valence-corrected chi connectivity index (χ1v) is 7.57. The highest BCUT2D eigenvalue weighted by molar-refractivity contribution is 9.10. The molecule has 0 amide bonds. The van der Waals surface area contributed by atoms with E-state index in [0.717, 1.165) is 22.3 Å². The van der Waals surface area contributed by atoms with E-state index in [9.17, 15) is 0 Å². The molecule has 0 atom stereocenters. The fourth-order valence-corrected chi connectivity index (χ4v) is 2.47. The van der Waals surface area contributed by atoms with Crippen molar-refractivity contribution < 1.29 is 0 Å². The molecule has 2 rings (SSSR count). The Morgan fingerprint density at radius 1 is 1.45 bits per heavy atom. The van der Waals surface area contributed by atoms with Crippen molar-refractivity contribution in [3.05, 3.63) is 46.7 Å². The monoisotopic (exact) mass is 352 g/mol. The number of anilines is 1. The zero-order valence-corrected chi connectivity index (χ0v) is 13.8. The summed E-state index contributed by atoms with van der Waals surface area (Å²) in [5, 5.41) is 11.2. The largest absolute Gasteiger partial charge is 0.360 e. The summed E-state index contributed by atoms with van der Waals surface area (Å²) in [6.45, 7) is 4.84. The summed E-state index contributed by atoms with van der Waals surface area (Å²) < 4.78 is 2.86. The van der Waals surface area contributed by atoms with Crippen LogP contribution in [-0.4, -0.2) is 20.9 Å². The van der Waals surface area contributed by atoms with Crippen molar-refractivity contribution in [3.8, 4) is 0 Å². The zero-order valence-electron chi connectivity index (χ0n) is 11.4. The number of nitrogens with zero attached hydrogens (tertiary/aromatic N) is 2. The highest BCUT2D eigenvalue weighted by atomic mass is 79.9. The minimum atomic E-state index is 0.319. The molecule has 0 bridgehead atoms. The van der Waals surface area contributed by atoms with Gasteiger partial charge in [-0.25, -0.2) is 0 Å². The maximum Gasteiger partial charge on any atom is 0.170 e. The third kappa shape index (κ3) is 4.61. The number of benzene rings is 1. The second-order valence-corrected chi connectivity index (χ2v) is 6.13. The van der Waals surface area contributed by atoms with Crippen LogP contribution in [0.4, 0.5) is 5.69 Å². The molecule has 106 valence electrons. The molecule has 0 aliphatic heterocycles. The number of nitrogens with one attached hydrogen (secondary N) is 2. The lowest BCUT2D eigenvalue weighted by atomic mass is 10.2. The molecule has 2 aromatic rings. The van der Waals surface area contributed by atoms with Crippen LogP contribution >= 0.6 is 28.1 Å². The normalized spacial score (nSPS) is 10.6. The molecule has 0 unspecified atom stereocenters.